The van der Waals surface area contributed by atoms with Gasteiger partial charge in [-0.1, -0.05) is 30.3 Å². The quantitative estimate of drug-likeness (QED) is 0.662. The lowest BCUT2D eigenvalue weighted by atomic mass is 10.0. The lowest BCUT2D eigenvalue weighted by Gasteiger charge is -2.12. The third-order valence-corrected chi connectivity index (χ3v) is 4.19. The average Bonchev–Trinajstić information content (AvgIpc) is 2.64. The highest BCUT2D eigenvalue weighted by atomic mass is 18.2. The smallest absolute Gasteiger partial charge is 0.255 e. The summed E-state index contributed by atoms with van der Waals surface area (Å²) in [6, 6.07) is 19.0. The molecule has 0 unspecified atom stereocenters. The highest BCUT2D eigenvalue weighted by molar-refractivity contribution is 6.06. The number of benzene rings is 3. The Hall–Kier alpha value is -3.18. The molecule has 0 aromatic heterocycles. The van der Waals surface area contributed by atoms with Crippen molar-refractivity contribution in [2.45, 2.75) is 6.54 Å². The molecule has 0 heterocycles. The van der Waals surface area contributed by atoms with Crippen LogP contribution in [0.2, 0.25) is 0 Å². The molecule has 0 saturated carbocycles. The van der Waals surface area contributed by atoms with Crippen LogP contribution in [0, 0.1) is 5.82 Å². The maximum absolute atomic E-state index is 13.1. The SMILES string of the molecule is CN(C)Cc1ccc(C(=O)Nc2cc(-c3ccc([18F])cc3)ccc2N)cc1. The highest BCUT2D eigenvalue weighted by Crippen LogP contribution is 2.28. The molecule has 0 bridgehead atoms. The summed E-state index contributed by atoms with van der Waals surface area (Å²) < 4.78 is 13.1. The summed E-state index contributed by atoms with van der Waals surface area (Å²) in [6.45, 7) is 0.814. The van der Waals surface area contributed by atoms with E-state index in [-0.39, 0.29) is 11.7 Å². The van der Waals surface area contributed by atoms with Crippen molar-refractivity contribution in [2.75, 3.05) is 25.1 Å². The summed E-state index contributed by atoms with van der Waals surface area (Å²) in [6.07, 6.45) is 0. The van der Waals surface area contributed by atoms with E-state index in [4.69, 9.17) is 5.73 Å². The average molecular weight is 362 g/mol. The summed E-state index contributed by atoms with van der Waals surface area (Å²) in [7, 11) is 4.00. The van der Waals surface area contributed by atoms with Gasteiger partial charge in [0.2, 0.25) is 0 Å². The van der Waals surface area contributed by atoms with Crippen molar-refractivity contribution >= 4 is 17.3 Å². The number of nitrogens with two attached hydrogens (primary N) is 1. The zero-order valence-electron chi connectivity index (χ0n) is 15.4. The summed E-state index contributed by atoms with van der Waals surface area (Å²) in [5.41, 5.74) is 10.4. The number of hydrogen-bond acceptors (Lipinski definition) is 3. The monoisotopic (exact) mass is 362 g/mol. The molecular weight excluding hydrogens is 340 g/mol. The molecule has 5 heteroatoms. The van der Waals surface area contributed by atoms with Crippen LogP contribution in [0.1, 0.15) is 15.9 Å². The van der Waals surface area contributed by atoms with Gasteiger partial charge in [0, 0.05) is 12.1 Å². The van der Waals surface area contributed by atoms with E-state index in [2.05, 4.69) is 10.2 Å². The first-order chi connectivity index (χ1) is 12.9. The van der Waals surface area contributed by atoms with E-state index < -0.39 is 0 Å². The van der Waals surface area contributed by atoms with E-state index in [1.807, 2.05) is 32.3 Å². The molecule has 1 amide bonds. The van der Waals surface area contributed by atoms with Gasteiger partial charge in [0.1, 0.15) is 5.82 Å². The van der Waals surface area contributed by atoms with Crippen LogP contribution in [0.25, 0.3) is 11.1 Å². The fraction of sp³-hybridized carbons (Fsp3) is 0.136. The van der Waals surface area contributed by atoms with Gasteiger partial charge in [0.05, 0.1) is 11.4 Å². The third-order valence-electron chi connectivity index (χ3n) is 4.19. The molecule has 0 aliphatic rings. The van der Waals surface area contributed by atoms with Crippen molar-refractivity contribution in [3.8, 4) is 11.1 Å². The molecule has 0 fully saturated rings. The molecule has 3 N–H and O–H groups in total. The number of nitrogen functional groups attached to an aromatic ring is 1. The molecule has 3 rings (SSSR count). The van der Waals surface area contributed by atoms with Crippen LogP contribution in [0.4, 0.5) is 15.8 Å². The van der Waals surface area contributed by atoms with Crippen LogP contribution in [0.5, 0.6) is 0 Å². The Kier molecular flexibility index (Phi) is 5.52. The van der Waals surface area contributed by atoms with E-state index in [1.54, 1.807) is 36.4 Å². The predicted molar refractivity (Wildman–Crippen MR) is 108 cm³/mol. The van der Waals surface area contributed by atoms with Gasteiger partial charge < -0.3 is 16.0 Å². The van der Waals surface area contributed by atoms with E-state index in [1.165, 1.54) is 12.1 Å². The number of halogens is 1. The van der Waals surface area contributed by atoms with Gasteiger partial charge in [-0.3, -0.25) is 4.79 Å². The van der Waals surface area contributed by atoms with Gasteiger partial charge in [0.25, 0.3) is 5.91 Å². The molecule has 0 atom stereocenters. The van der Waals surface area contributed by atoms with Gasteiger partial charge in [-0.25, -0.2) is 4.39 Å². The molecule has 3 aromatic carbocycles. The van der Waals surface area contributed by atoms with Gasteiger partial charge in [0.15, 0.2) is 0 Å². The second kappa shape index (κ2) is 8.01. The maximum Gasteiger partial charge on any atom is 0.255 e. The normalized spacial score (nSPS) is 10.8. The molecule has 27 heavy (non-hydrogen) atoms. The van der Waals surface area contributed by atoms with Crippen LogP contribution in [-0.4, -0.2) is 24.9 Å². The van der Waals surface area contributed by atoms with E-state index in [0.717, 1.165) is 23.2 Å². The number of nitrogens with zero attached hydrogens (tertiary/aromatic N) is 1. The van der Waals surface area contributed by atoms with Gasteiger partial charge in [-0.2, -0.15) is 0 Å². The summed E-state index contributed by atoms with van der Waals surface area (Å²) in [5.74, 6) is -0.519. The lowest BCUT2D eigenvalue weighted by molar-refractivity contribution is 0.102. The predicted octanol–water partition coefficient (Wildman–Crippen LogP) is 4.39. The van der Waals surface area contributed by atoms with Crippen molar-refractivity contribution in [2.24, 2.45) is 0 Å². The number of anilines is 2. The van der Waals surface area contributed by atoms with Crippen molar-refractivity contribution in [1.29, 1.82) is 0 Å². The van der Waals surface area contributed by atoms with Crippen molar-refractivity contribution in [3.63, 3.8) is 0 Å². The van der Waals surface area contributed by atoms with Gasteiger partial charge in [-0.05, 0) is 67.2 Å². The van der Waals surface area contributed by atoms with Gasteiger partial charge in [-0.15, -0.1) is 0 Å². The minimum Gasteiger partial charge on any atom is -0.397 e. The molecule has 0 saturated heterocycles. The molecule has 138 valence electrons. The topological polar surface area (TPSA) is 58.4 Å². The van der Waals surface area contributed by atoms with E-state index in [9.17, 15) is 9.18 Å². The molecular formula is C22H22FN3O. The number of rotatable bonds is 5. The third kappa shape index (κ3) is 4.71. The van der Waals surface area contributed by atoms with Crippen molar-refractivity contribution in [1.82, 2.24) is 4.90 Å². The minimum absolute atomic E-state index is 0.227. The highest BCUT2D eigenvalue weighted by Gasteiger charge is 2.10. The largest absolute Gasteiger partial charge is 0.397 e. The molecule has 0 aliphatic carbocycles. The number of carbonyl (C=O) groups excluding carboxylic acids is 1. The van der Waals surface area contributed by atoms with Crippen LogP contribution in [-0.2, 0) is 6.54 Å². The molecule has 0 aliphatic heterocycles. The van der Waals surface area contributed by atoms with Crippen LogP contribution < -0.4 is 11.1 Å². The second-order valence-corrected chi connectivity index (χ2v) is 6.70. The number of carbonyl (C=O) groups is 1. The molecule has 3 aromatic rings. The van der Waals surface area contributed by atoms with Gasteiger partial charge >= 0.3 is 0 Å². The van der Waals surface area contributed by atoms with Crippen LogP contribution in [0.15, 0.2) is 66.7 Å². The first-order valence-corrected chi connectivity index (χ1v) is 8.63. The van der Waals surface area contributed by atoms with Crippen LogP contribution in [0.3, 0.4) is 0 Å². The Labute approximate surface area is 158 Å². The molecule has 4 nitrogen and oxygen atoms in total. The van der Waals surface area contributed by atoms with E-state index >= 15 is 0 Å². The Morgan fingerprint density at radius 3 is 2.22 bits per heavy atom. The van der Waals surface area contributed by atoms with Crippen LogP contribution >= 0.6 is 0 Å². The number of hydrogen-bond donors (Lipinski definition) is 2. The first kappa shape index (κ1) is 18.6. The second-order valence-electron chi connectivity index (χ2n) is 6.70. The summed E-state index contributed by atoms with van der Waals surface area (Å²) >= 11 is 0. The molecule has 0 radical (unpaired) electrons. The minimum atomic E-state index is -0.291. The molecule has 0 spiro atoms. The summed E-state index contributed by atoms with van der Waals surface area (Å²) in [4.78, 5) is 14.6. The standard InChI is InChI=1S/C22H22FN3O/c1-26(2)14-15-3-5-17(6-4-15)22(27)25-21-13-18(9-12-20(21)24)16-7-10-19(23)11-8-16/h3-13H,14,24H2,1-2H3,(H,25,27)/i23-1. The Morgan fingerprint density at radius 1 is 0.963 bits per heavy atom. The van der Waals surface area contributed by atoms with Crippen molar-refractivity contribution in [3.05, 3.63) is 83.7 Å². The van der Waals surface area contributed by atoms with E-state index in [0.29, 0.717) is 16.9 Å². The Balaban J connectivity index is 1.79. The van der Waals surface area contributed by atoms with Crippen molar-refractivity contribution < 1.29 is 9.18 Å². The lowest BCUT2D eigenvalue weighted by Crippen LogP contribution is -2.14. The number of amides is 1. The fourth-order valence-corrected chi connectivity index (χ4v) is 2.81. The maximum atomic E-state index is 13.1. The zero-order chi connectivity index (χ0) is 19.4. The Bertz CT molecular complexity index is 935. The first-order valence-electron chi connectivity index (χ1n) is 8.63. The zero-order valence-corrected chi connectivity index (χ0v) is 15.4. The summed E-state index contributed by atoms with van der Waals surface area (Å²) in [5, 5.41) is 2.86. The number of nitrogens with one attached hydrogen (secondary N) is 1. The Morgan fingerprint density at radius 2 is 1.59 bits per heavy atom. The fourth-order valence-electron chi connectivity index (χ4n) is 2.81.